The fourth-order valence-corrected chi connectivity index (χ4v) is 5.69. The third-order valence-corrected chi connectivity index (χ3v) is 8.82. The highest BCUT2D eigenvalue weighted by atomic mass is 32.2. The first-order valence-electron chi connectivity index (χ1n) is 9.81. The Balaban J connectivity index is 1.39. The van der Waals surface area contributed by atoms with Crippen molar-refractivity contribution in [1.82, 2.24) is 13.5 Å². The molecular weight excluding hydrogens is 446 g/mol. The molecule has 0 amide bonds. The molecule has 1 aromatic heterocycles. The van der Waals surface area contributed by atoms with Crippen molar-refractivity contribution < 1.29 is 30.7 Å². The van der Waals surface area contributed by atoms with E-state index in [4.69, 9.17) is 13.9 Å². The lowest BCUT2D eigenvalue weighted by atomic mass is 10.3. The van der Waals surface area contributed by atoms with E-state index in [1.807, 2.05) is 4.90 Å². The minimum atomic E-state index is -3.65. The Kier molecular flexibility index (Phi) is 6.01. The van der Waals surface area contributed by atoms with Crippen LogP contribution in [0.4, 0.5) is 0 Å². The molecule has 0 spiro atoms. The molecule has 2 aliphatic rings. The maximum atomic E-state index is 13.0. The average Bonchev–Trinajstić information content (AvgIpc) is 3.23. The first-order valence-corrected chi connectivity index (χ1v) is 12.7. The van der Waals surface area contributed by atoms with E-state index in [0.29, 0.717) is 63.2 Å². The SMILES string of the molecule is CN(C)S(=O)(=O)c1ccc(CN2CCN(S(=O)(=O)c3ccc4c(c3)OCCO4)CC2)o1. The fourth-order valence-electron chi connectivity index (χ4n) is 3.44. The summed E-state index contributed by atoms with van der Waals surface area (Å²) in [6.07, 6.45) is 0. The van der Waals surface area contributed by atoms with Gasteiger partial charge in [-0.2, -0.15) is 4.31 Å². The number of ether oxygens (including phenoxy) is 2. The summed E-state index contributed by atoms with van der Waals surface area (Å²) in [5.74, 6) is 1.50. The monoisotopic (exact) mass is 471 g/mol. The Morgan fingerprint density at radius 3 is 2.26 bits per heavy atom. The van der Waals surface area contributed by atoms with E-state index in [1.54, 1.807) is 12.1 Å². The second kappa shape index (κ2) is 8.43. The third-order valence-electron chi connectivity index (χ3n) is 5.23. The van der Waals surface area contributed by atoms with Crippen LogP contribution in [0.2, 0.25) is 0 Å². The van der Waals surface area contributed by atoms with Crippen LogP contribution >= 0.6 is 0 Å². The van der Waals surface area contributed by atoms with Crippen molar-refractivity contribution >= 4 is 20.0 Å². The molecule has 3 heterocycles. The number of fused-ring (bicyclic) bond motifs is 1. The molecule has 0 bridgehead atoms. The highest BCUT2D eigenvalue weighted by Crippen LogP contribution is 2.33. The Hall–Kier alpha value is -2.12. The zero-order valence-electron chi connectivity index (χ0n) is 17.4. The lowest BCUT2D eigenvalue weighted by molar-refractivity contribution is 0.167. The summed E-state index contributed by atoms with van der Waals surface area (Å²) in [7, 11) is -4.39. The molecule has 4 rings (SSSR count). The van der Waals surface area contributed by atoms with E-state index < -0.39 is 20.0 Å². The molecule has 0 N–H and O–H groups in total. The molecule has 0 atom stereocenters. The van der Waals surface area contributed by atoms with Gasteiger partial charge >= 0.3 is 0 Å². The van der Waals surface area contributed by atoms with Gasteiger partial charge in [-0.25, -0.2) is 21.1 Å². The summed E-state index contributed by atoms with van der Waals surface area (Å²) < 4.78 is 69.4. The van der Waals surface area contributed by atoms with Crippen LogP contribution in [-0.2, 0) is 26.6 Å². The van der Waals surface area contributed by atoms with Crippen LogP contribution in [0, 0.1) is 0 Å². The number of hydrogen-bond donors (Lipinski definition) is 0. The van der Waals surface area contributed by atoms with Gasteiger partial charge in [-0.15, -0.1) is 0 Å². The minimum Gasteiger partial charge on any atom is -0.486 e. The van der Waals surface area contributed by atoms with Crippen LogP contribution in [0.3, 0.4) is 0 Å². The van der Waals surface area contributed by atoms with Crippen molar-refractivity contribution in [3.63, 3.8) is 0 Å². The lowest BCUT2D eigenvalue weighted by Gasteiger charge is -2.33. The van der Waals surface area contributed by atoms with Gasteiger partial charge in [-0.3, -0.25) is 4.90 Å². The van der Waals surface area contributed by atoms with Crippen molar-refractivity contribution in [2.24, 2.45) is 0 Å². The van der Waals surface area contributed by atoms with E-state index in [9.17, 15) is 16.8 Å². The van der Waals surface area contributed by atoms with Crippen LogP contribution in [0.15, 0.2) is 44.7 Å². The summed E-state index contributed by atoms with van der Waals surface area (Å²) in [6.45, 7) is 2.88. The van der Waals surface area contributed by atoms with Gasteiger partial charge in [-0.1, -0.05) is 0 Å². The van der Waals surface area contributed by atoms with Crippen LogP contribution in [0.25, 0.3) is 0 Å². The van der Waals surface area contributed by atoms with E-state index in [1.165, 1.54) is 36.6 Å². The lowest BCUT2D eigenvalue weighted by Crippen LogP contribution is -2.48. The van der Waals surface area contributed by atoms with E-state index >= 15 is 0 Å². The molecule has 1 saturated heterocycles. The van der Waals surface area contributed by atoms with Crippen molar-refractivity contribution in [2.75, 3.05) is 53.5 Å². The maximum Gasteiger partial charge on any atom is 0.275 e. The number of hydrogen-bond acceptors (Lipinski definition) is 8. The molecule has 0 saturated carbocycles. The molecular formula is C19H25N3O7S2. The summed E-state index contributed by atoms with van der Waals surface area (Å²) >= 11 is 0. The quantitative estimate of drug-likeness (QED) is 0.609. The van der Waals surface area contributed by atoms with Gasteiger partial charge in [0, 0.05) is 46.3 Å². The van der Waals surface area contributed by atoms with E-state index in [0.717, 1.165) is 4.31 Å². The molecule has 12 heteroatoms. The molecule has 2 aliphatic heterocycles. The standard InChI is InChI=1S/C19H25N3O7S2/c1-20(2)31(25,26)19-6-3-15(29-19)14-21-7-9-22(10-8-21)30(23,24)16-4-5-17-18(13-16)28-12-11-27-17/h3-6,13H,7-12,14H2,1-2H3. The van der Waals surface area contributed by atoms with Gasteiger partial charge in [-0.05, 0) is 24.3 Å². The van der Waals surface area contributed by atoms with Gasteiger partial charge in [0.2, 0.25) is 15.1 Å². The predicted molar refractivity (Wildman–Crippen MR) is 111 cm³/mol. The number of benzene rings is 1. The molecule has 170 valence electrons. The molecule has 1 aromatic carbocycles. The topological polar surface area (TPSA) is 110 Å². The molecule has 10 nitrogen and oxygen atoms in total. The van der Waals surface area contributed by atoms with E-state index in [2.05, 4.69) is 0 Å². The van der Waals surface area contributed by atoms with Crippen molar-refractivity contribution in [2.45, 2.75) is 16.5 Å². The summed E-state index contributed by atoms with van der Waals surface area (Å²) in [4.78, 5) is 2.20. The first kappa shape index (κ1) is 22.1. The summed E-state index contributed by atoms with van der Waals surface area (Å²) in [6, 6.07) is 7.73. The van der Waals surface area contributed by atoms with Crippen LogP contribution in [0.1, 0.15) is 5.76 Å². The van der Waals surface area contributed by atoms with Crippen LogP contribution in [0.5, 0.6) is 11.5 Å². The smallest absolute Gasteiger partial charge is 0.275 e. The van der Waals surface area contributed by atoms with Gasteiger partial charge in [0.1, 0.15) is 19.0 Å². The molecule has 1 fully saturated rings. The van der Waals surface area contributed by atoms with Gasteiger partial charge in [0.05, 0.1) is 11.4 Å². The number of sulfonamides is 2. The first-order chi connectivity index (χ1) is 14.7. The molecule has 0 unspecified atom stereocenters. The molecule has 31 heavy (non-hydrogen) atoms. The van der Waals surface area contributed by atoms with Crippen molar-refractivity contribution in [3.8, 4) is 11.5 Å². The number of piperazine rings is 1. The average molecular weight is 472 g/mol. The zero-order valence-corrected chi connectivity index (χ0v) is 19.0. The maximum absolute atomic E-state index is 13.0. The molecule has 0 radical (unpaired) electrons. The largest absolute Gasteiger partial charge is 0.486 e. The Labute approximate surface area is 182 Å². The highest BCUT2D eigenvalue weighted by Gasteiger charge is 2.30. The predicted octanol–water partition coefficient (Wildman–Crippen LogP) is 0.808. The van der Waals surface area contributed by atoms with Gasteiger partial charge in [0.15, 0.2) is 11.5 Å². The normalized spacial score (nSPS) is 18.4. The Morgan fingerprint density at radius 2 is 1.58 bits per heavy atom. The highest BCUT2D eigenvalue weighted by molar-refractivity contribution is 7.89. The second-order valence-corrected chi connectivity index (χ2v) is 11.5. The summed E-state index contributed by atoms with van der Waals surface area (Å²) in [5.41, 5.74) is 0. The Morgan fingerprint density at radius 1 is 0.903 bits per heavy atom. The van der Waals surface area contributed by atoms with E-state index in [-0.39, 0.29) is 9.99 Å². The summed E-state index contributed by atoms with van der Waals surface area (Å²) in [5, 5.41) is -0.104. The number of rotatable bonds is 6. The van der Waals surface area contributed by atoms with Crippen LogP contribution < -0.4 is 9.47 Å². The molecule has 2 aromatic rings. The number of furan rings is 1. The van der Waals surface area contributed by atoms with Crippen molar-refractivity contribution in [1.29, 1.82) is 0 Å². The minimum absolute atomic E-state index is 0.104. The third kappa shape index (κ3) is 4.44. The zero-order chi connectivity index (χ0) is 22.2. The van der Waals surface area contributed by atoms with Gasteiger partial charge < -0.3 is 13.9 Å². The molecule has 0 aliphatic carbocycles. The van der Waals surface area contributed by atoms with Gasteiger partial charge in [0.25, 0.3) is 10.0 Å². The Bertz CT molecular complexity index is 1150. The van der Waals surface area contributed by atoms with Crippen molar-refractivity contribution in [3.05, 3.63) is 36.1 Å². The number of nitrogens with zero attached hydrogens (tertiary/aromatic N) is 3. The van der Waals surface area contributed by atoms with Crippen LogP contribution in [-0.4, -0.2) is 83.8 Å². The second-order valence-electron chi connectivity index (χ2n) is 7.49. The fraction of sp³-hybridized carbons (Fsp3) is 0.474.